The quantitative estimate of drug-likeness (QED) is 0.512. The molecular weight excluding hydrogens is 388 g/mol. The van der Waals surface area contributed by atoms with Gasteiger partial charge in [-0.15, -0.1) is 11.3 Å². The summed E-state index contributed by atoms with van der Waals surface area (Å²) in [6.07, 6.45) is 4.66. The Hall–Kier alpha value is -3.00. The molecule has 0 spiro atoms. The highest BCUT2D eigenvalue weighted by atomic mass is 32.1. The van der Waals surface area contributed by atoms with Crippen LogP contribution in [0.25, 0.3) is 21.6 Å². The van der Waals surface area contributed by atoms with Gasteiger partial charge in [0, 0.05) is 10.4 Å². The predicted molar refractivity (Wildman–Crippen MR) is 110 cm³/mol. The van der Waals surface area contributed by atoms with Crippen LogP contribution in [0.15, 0.2) is 39.9 Å². The van der Waals surface area contributed by atoms with Crippen molar-refractivity contribution in [2.75, 3.05) is 7.11 Å². The SMILES string of the molecule is COc1cccc(-c2noc(Cn3cnc4sc5c(c4c3=O)CCC(C)C5)n2)c1. The van der Waals surface area contributed by atoms with Gasteiger partial charge >= 0.3 is 0 Å². The van der Waals surface area contributed by atoms with Gasteiger partial charge in [0.1, 0.15) is 17.1 Å². The molecule has 4 aromatic rings. The Morgan fingerprint density at radius 2 is 2.28 bits per heavy atom. The number of rotatable bonds is 4. The van der Waals surface area contributed by atoms with Gasteiger partial charge in [-0.25, -0.2) is 4.98 Å². The molecule has 1 aromatic carbocycles. The van der Waals surface area contributed by atoms with E-state index in [4.69, 9.17) is 9.26 Å². The van der Waals surface area contributed by atoms with E-state index in [1.165, 1.54) is 10.4 Å². The lowest BCUT2D eigenvalue weighted by molar-refractivity contribution is 0.369. The van der Waals surface area contributed by atoms with Gasteiger partial charge in [0.2, 0.25) is 11.7 Å². The van der Waals surface area contributed by atoms with Gasteiger partial charge in [0.25, 0.3) is 5.56 Å². The molecule has 148 valence electrons. The average molecular weight is 408 g/mol. The Balaban J connectivity index is 1.47. The topological polar surface area (TPSA) is 83.0 Å². The van der Waals surface area contributed by atoms with Crippen LogP contribution in [-0.2, 0) is 19.4 Å². The van der Waals surface area contributed by atoms with Crippen LogP contribution in [0.2, 0.25) is 0 Å². The third kappa shape index (κ3) is 3.23. The monoisotopic (exact) mass is 408 g/mol. The van der Waals surface area contributed by atoms with Crippen molar-refractivity contribution in [2.45, 2.75) is 32.7 Å². The molecule has 0 amide bonds. The van der Waals surface area contributed by atoms with E-state index in [9.17, 15) is 4.79 Å². The van der Waals surface area contributed by atoms with Gasteiger partial charge in [0.15, 0.2) is 0 Å². The number of thiophene rings is 1. The van der Waals surface area contributed by atoms with Gasteiger partial charge in [0.05, 0.1) is 18.8 Å². The zero-order chi connectivity index (χ0) is 20.0. The van der Waals surface area contributed by atoms with Crippen molar-refractivity contribution < 1.29 is 9.26 Å². The first-order valence-electron chi connectivity index (χ1n) is 9.59. The van der Waals surface area contributed by atoms with E-state index in [0.717, 1.165) is 40.8 Å². The Labute approximate surface area is 171 Å². The number of aromatic nitrogens is 4. The molecule has 0 fully saturated rings. The molecule has 7 nitrogen and oxygen atoms in total. The van der Waals surface area contributed by atoms with Crippen molar-refractivity contribution in [2.24, 2.45) is 5.92 Å². The number of fused-ring (bicyclic) bond motifs is 3. The molecule has 0 saturated heterocycles. The van der Waals surface area contributed by atoms with Crippen LogP contribution in [0, 0.1) is 5.92 Å². The Morgan fingerprint density at radius 1 is 1.38 bits per heavy atom. The summed E-state index contributed by atoms with van der Waals surface area (Å²) in [6.45, 7) is 2.45. The first-order valence-corrected chi connectivity index (χ1v) is 10.4. The minimum absolute atomic E-state index is 0.0387. The molecule has 3 heterocycles. The van der Waals surface area contributed by atoms with E-state index < -0.39 is 0 Å². The summed E-state index contributed by atoms with van der Waals surface area (Å²) in [5.74, 6) is 2.20. The predicted octanol–water partition coefficient (Wildman–Crippen LogP) is 3.69. The lowest BCUT2D eigenvalue weighted by Gasteiger charge is -2.17. The molecule has 5 rings (SSSR count). The third-order valence-electron chi connectivity index (χ3n) is 5.38. The van der Waals surface area contributed by atoms with Crippen molar-refractivity contribution >= 4 is 21.6 Å². The summed E-state index contributed by atoms with van der Waals surface area (Å²) in [7, 11) is 1.61. The molecule has 0 N–H and O–H groups in total. The number of hydrogen-bond acceptors (Lipinski definition) is 7. The fourth-order valence-electron chi connectivity index (χ4n) is 3.82. The average Bonchev–Trinajstić information content (AvgIpc) is 3.34. The molecule has 0 radical (unpaired) electrons. The Morgan fingerprint density at radius 3 is 3.14 bits per heavy atom. The maximum atomic E-state index is 13.1. The molecule has 8 heteroatoms. The lowest BCUT2D eigenvalue weighted by atomic mass is 9.89. The van der Waals surface area contributed by atoms with Crippen LogP contribution >= 0.6 is 11.3 Å². The van der Waals surface area contributed by atoms with Crippen LogP contribution in [0.3, 0.4) is 0 Å². The minimum Gasteiger partial charge on any atom is -0.497 e. The number of methoxy groups -OCH3 is 1. The zero-order valence-corrected chi connectivity index (χ0v) is 17.0. The molecule has 0 aliphatic heterocycles. The van der Waals surface area contributed by atoms with Gasteiger partial charge in [-0.05, 0) is 42.9 Å². The molecule has 29 heavy (non-hydrogen) atoms. The van der Waals surface area contributed by atoms with Gasteiger partial charge < -0.3 is 9.26 Å². The highest BCUT2D eigenvalue weighted by Crippen LogP contribution is 2.35. The first kappa shape index (κ1) is 18.1. The second-order valence-electron chi connectivity index (χ2n) is 7.45. The van der Waals surface area contributed by atoms with Crippen LogP contribution in [-0.4, -0.2) is 26.8 Å². The van der Waals surface area contributed by atoms with Crippen molar-refractivity contribution in [3.05, 3.63) is 57.3 Å². The molecule has 3 aromatic heterocycles. The normalized spacial score (nSPS) is 16.1. The van der Waals surface area contributed by atoms with E-state index in [0.29, 0.717) is 17.6 Å². The van der Waals surface area contributed by atoms with Crippen LogP contribution in [0.4, 0.5) is 0 Å². The van der Waals surface area contributed by atoms with E-state index >= 15 is 0 Å². The second-order valence-corrected chi connectivity index (χ2v) is 8.54. The fourth-order valence-corrected chi connectivity index (χ4v) is 5.16. The van der Waals surface area contributed by atoms with Gasteiger partial charge in [-0.2, -0.15) is 4.98 Å². The van der Waals surface area contributed by atoms with E-state index in [1.807, 2.05) is 24.3 Å². The van der Waals surface area contributed by atoms with Gasteiger partial charge in [-0.3, -0.25) is 9.36 Å². The van der Waals surface area contributed by atoms with Crippen molar-refractivity contribution in [3.63, 3.8) is 0 Å². The largest absolute Gasteiger partial charge is 0.497 e. The maximum Gasteiger partial charge on any atom is 0.262 e. The molecule has 0 saturated carbocycles. The summed E-state index contributed by atoms with van der Waals surface area (Å²) >= 11 is 1.65. The van der Waals surface area contributed by atoms with Crippen LogP contribution < -0.4 is 10.3 Å². The van der Waals surface area contributed by atoms with Crippen molar-refractivity contribution in [1.29, 1.82) is 0 Å². The summed E-state index contributed by atoms with van der Waals surface area (Å²) in [6, 6.07) is 7.45. The standard InChI is InChI=1S/C21H20N4O3S/c1-12-6-7-15-16(8-12)29-20-18(15)21(26)25(11-22-20)10-17-23-19(24-28-17)13-4-3-5-14(9-13)27-2/h3-5,9,11-12H,6-8,10H2,1-2H3. The van der Waals surface area contributed by atoms with Crippen LogP contribution in [0.5, 0.6) is 5.75 Å². The van der Waals surface area contributed by atoms with Crippen molar-refractivity contribution in [1.82, 2.24) is 19.7 Å². The third-order valence-corrected chi connectivity index (χ3v) is 6.55. The summed E-state index contributed by atoms with van der Waals surface area (Å²) < 4.78 is 12.2. The molecular formula is C21H20N4O3S. The molecule has 1 unspecified atom stereocenters. The number of hydrogen-bond donors (Lipinski definition) is 0. The number of aryl methyl sites for hydroxylation is 1. The highest BCUT2D eigenvalue weighted by Gasteiger charge is 2.23. The summed E-state index contributed by atoms with van der Waals surface area (Å²) in [5, 5.41) is 4.80. The number of ether oxygens (including phenoxy) is 1. The van der Waals surface area contributed by atoms with E-state index in [1.54, 1.807) is 29.3 Å². The maximum absolute atomic E-state index is 13.1. The second kappa shape index (κ2) is 7.11. The zero-order valence-electron chi connectivity index (χ0n) is 16.2. The van der Waals surface area contributed by atoms with E-state index in [-0.39, 0.29) is 12.1 Å². The summed E-state index contributed by atoms with van der Waals surface area (Å²) in [4.78, 5) is 24.2. The molecule has 1 aliphatic carbocycles. The Bertz CT molecular complexity index is 1260. The van der Waals surface area contributed by atoms with Crippen LogP contribution in [0.1, 0.15) is 29.7 Å². The number of benzene rings is 1. The lowest BCUT2D eigenvalue weighted by Crippen LogP contribution is -2.22. The van der Waals surface area contributed by atoms with Crippen molar-refractivity contribution in [3.8, 4) is 17.1 Å². The molecule has 0 bridgehead atoms. The fraction of sp³-hybridized carbons (Fsp3) is 0.333. The highest BCUT2D eigenvalue weighted by molar-refractivity contribution is 7.18. The minimum atomic E-state index is -0.0387. The van der Waals surface area contributed by atoms with E-state index in [2.05, 4.69) is 22.0 Å². The Kier molecular flexibility index (Phi) is 4.43. The molecule has 1 atom stereocenters. The smallest absolute Gasteiger partial charge is 0.262 e. The summed E-state index contributed by atoms with van der Waals surface area (Å²) in [5.41, 5.74) is 1.93. The first-order chi connectivity index (χ1) is 14.1. The molecule has 1 aliphatic rings. The number of nitrogens with zero attached hydrogens (tertiary/aromatic N) is 4. The van der Waals surface area contributed by atoms with Gasteiger partial charge in [-0.1, -0.05) is 24.2 Å².